The molecule has 30 heavy (non-hydrogen) atoms. The first-order valence-electron chi connectivity index (χ1n) is 10.3. The van der Waals surface area contributed by atoms with Gasteiger partial charge in [-0.25, -0.2) is 9.48 Å². The lowest BCUT2D eigenvalue weighted by molar-refractivity contribution is -0.155. The minimum absolute atomic E-state index is 0.000713. The molecule has 164 valence electrons. The van der Waals surface area contributed by atoms with Gasteiger partial charge < -0.3 is 15.4 Å². The topological polar surface area (TPSA) is 123 Å². The van der Waals surface area contributed by atoms with E-state index in [1.54, 1.807) is 16.9 Å². The third kappa shape index (κ3) is 4.03. The van der Waals surface area contributed by atoms with Crippen LogP contribution in [0.3, 0.4) is 0 Å². The minimum atomic E-state index is -1.10. The Bertz CT molecular complexity index is 850. The van der Waals surface area contributed by atoms with Crippen molar-refractivity contribution in [3.05, 3.63) is 12.3 Å². The molecule has 1 saturated carbocycles. The van der Waals surface area contributed by atoms with Crippen LogP contribution < -0.4 is 10.6 Å². The Hall–Kier alpha value is -2.91. The zero-order valence-corrected chi connectivity index (χ0v) is 17.8. The number of nitrogens with one attached hydrogen (secondary N) is 2. The van der Waals surface area contributed by atoms with Gasteiger partial charge in [0.25, 0.3) is 11.8 Å². The molecular formula is C20H29N5O5. The fourth-order valence-electron chi connectivity index (χ4n) is 4.11. The summed E-state index contributed by atoms with van der Waals surface area (Å²) in [6.45, 7) is 6.68. The summed E-state index contributed by atoms with van der Waals surface area (Å²) in [5.74, 6) is -1.26. The van der Waals surface area contributed by atoms with Gasteiger partial charge in [-0.1, -0.05) is 19.8 Å². The molecule has 0 aromatic carbocycles. The Balaban J connectivity index is 1.58. The molecular weight excluding hydrogens is 390 g/mol. The quantitative estimate of drug-likeness (QED) is 0.536. The first kappa shape index (κ1) is 21.8. The van der Waals surface area contributed by atoms with Crippen LogP contribution in [0, 0.1) is 5.92 Å². The zero-order chi connectivity index (χ0) is 22.1. The Morgan fingerprint density at radius 3 is 2.73 bits per heavy atom. The van der Waals surface area contributed by atoms with E-state index >= 15 is 0 Å². The maximum atomic E-state index is 12.9. The highest BCUT2D eigenvalue weighted by atomic mass is 16.5. The van der Waals surface area contributed by atoms with Crippen molar-refractivity contribution in [1.29, 1.82) is 0 Å². The third-order valence-electron chi connectivity index (χ3n) is 5.88. The van der Waals surface area contributed by atoms with Crippen molar-refractivity contribution in [1.82, 2.24) is 20.0 Å². The van der Waals surface area contributed by atoms with E-state index in [4.69, 9.17) is 4.74 Å². The predicted molar refractivity (Wildman–Crippen MR) is 107 cm³/mol. The maximum absolute atomic E-state index is 12.9. The van der Waals surface area contributed by atoms with Crippen LogP contribution in [0.4, 0.5) is 10.6 Å². The number of ether oxygens (including phenoxy) is 1. The van der Waals surface area contributed by atoms with E-state index in [9.17, 15) is 19.2 Å². The number of rotatable bonds is 6. The number of carbonyl (C=O) groups excluding carboxylic acids is 4. The molecule has 1 aliphatic heterocycles. The van der Waals surface area contributed by atoms with Crippen LogP contribution in [-0.4, -0.2) is 56.7 Å². The Morgan fingerprint density at radius 2 is 2.07 bits per heavy atom. The van der Waals surface area contributed by atoms with Crippen LogP contribution in [0.25, 0.3) is 0 Å². The van der Waals surface area contributed by atoms with Crippen LogP contribution in [-0.2, 0) is 19.1 Å². The van der Waals surface area contributed by atoms with Gasteiger partial charge in [-0.05, 0) is 39.5 Å². The van der Waals surface area contributed by atoms with Gasteiger partial charge in [0, 0.05) is 12.1 Å². The standard InChI is InChI=1S/C20H29N5O5/c1-12(2)25-15(8-10-21-25)22-17(27)14(4)30-16(26)11-24-18(28)20(23-19(24)29)9-6-5-7-13(20)3/h8,10,12-14H,5-7,9,11H2,1-4H3,(H,22,27)(H,23,29)/t13-,14+,20-/m1/s1. The molecule has 3 rings (SSSR count). The summed E-state index contributed by atoms with van der Waals surface area (Å²) in [4.78, 5) is 50.9. The molecule has 2 heterocycles. The largest absolute Gasteiger partial charge is 0.451 e. The highest BCUT2D eigenvalue weighted by molar-refractivity contribution is 6.09. The lowest BCUT2D eigenvalue weighted by atomic mass is 9.73. The number of aromatic nitrogens is 2. The summed E-state index contributed by atoms with van der Waals surface area (Å²) in [5, 5.41) is 9.58. The summed E-state index contributed by atoms with van der Waals surface area (Å²) in [6, 6.07) is 1.09. The number of hydrogen-bond donors (Lipinski definition) is 2. The molecule has 10 nitrogen and oxygen atoms in total. The van der Waals surface area contributed by atoms with E-state index in [0.29, 0.717) is 12.2 Å². The van der Waals surface area contributed by atoms with Crippen LogP contribution in [0.2, 0.25) is 0 Å². The average Bonchev–Trinajstić information content (AvgIpc) is 3.23. The minimum Gasteiger partial charge on any atom is -0.451 e. The van der Waals surface area contributed by atoms with Crippen LogP contribution in [0.5, 0.6) is 0 Å². The zero-order valence-electron chi connectivity index (χ0n) is 17.8. The number of esters is 1. The van der Waals surface area contributed by atoms with Crippen molar-refractivity contribution in [2.24, 2.45) is 5.92 Å². The second-order valence-electron chi connectivity index (χ2n) is 8.32. The summed E-state index contributed by atoms with van der Waals surface area (Å²) >= 11 is 0. The molecule has 1 saturated heterocycles. The molecule has 0 bridgehead atoms. The first-order valence-corrected chi connectivity index (χ1v) is 10.3. The fraction of sp³-hybridized carbons (Fsp3) is 0.650. The van der Waals surface area contributed by atoms with Crippen molar-refractivity contribution in [3.8, 4) is 0 Å². The molecule has 0 unspecified atom stereocenters. The van der Waals surface area contributed by atoms with Gasteiger partial charge >= 0.3 is 12.0 Å². The van der Waals surface area contributed by atoms with E-state index in [1.807, 2.05) is 20.8 Å². The van der Waals surface area contributed by atoms with Crippen molar-refractivity contribution in [2.45, 2.75) is 71.1 Å². The smallest absolute Gasteiger partial charge is 0.327 e. The first-order chi connectivity index (χ1) is 14.2. The number of imide groups is 1. The number of amides is 4. The predicted octanol–water partition coefficient (Wildman–Crippen LogP) is 1.83. The molecule has 1 spiro atoms. The normalized spacial score (nSPS) is 24.8. The van der Waals surface area contributed by atoms with Crippen LogP contribution >= 0.6 is 0 Å². The van der Waals surface area contributed by atoms with Gasteiger partial charge in [0.2, 0.25) is 0 Å². The summed E-state index contributed by atoms with van der Waals surface area (Å²) in [5.41, 5.74) is -0.937. The molecule has 10 heteroatoms. The lowest BCUT2D eigenvalue weighted by Crippen LogP contribution is -2.54. The summed E-state index contributed by atoms with van der Waals surface area (Å²) in [7, 11) is 0. The molecule has 2 N–H and O–H groups in total. The summed E-state index contributed by atoms with van der Waals surface area (Å²) in [6.07, 6.45) is 3.72. The van der Waals surface area contributed by atoms with Crippen molar-refractivity contribution in [2.75, 3.05) is 11.9 Å². The molecule has 1 aromatic heterocycles. The second-order valence-corrected chi connectivity index (χ2v) is 8.32. The average molecular weight is 419 g/mol. The highest BCUT2D eigenvalue weighted by Gasteiger charge is 2.55. The molecule has 1 aromatic rings. The van der Waals surface area contributed by atoms with Gasteiger partial charge in [0.05, 0.1) is 6.20 Å². The molecule has 3 atom stereocenters. The molecule has 4 amide bonds. The van der Waals surface area contributed by atoms with E-state index in [2.05, 4.69) is 15.7 Å². The van der Waals surface area contributed by atoms with E-state index in [-0.39, 0.29) is 12.0 Å². The highest BCUT2D eigenvalue weighted by Crippen LogP contribution is 2.38. The third-order valence-corrected chi connectivity index (χ3v) is 5.88. The fourth-order valence-corrected chi connectivity index (χ4v) is 4.11. The second kappa shape index (κ2) is 8.45. The van der Waals surface area contributed by atoms with Gasteiger partial charge in [-0.3, -0.25) is 19.3 Å². The van der Waals surface area contributed by atoms with Gasteiger partial charge in [-0.2, -0.15) is 5.10 Å². The molecule has 2 fully saturated rings. The lowest BCUT2D eigenvalue weighted by Gasteiger charge is -2.36. The number of anilines is 1. The summed E-state index contributed by atoms with van der Waals surface area (Å²) < 4.78 is 6.80. The Kier molecular flexibility index (Phi) is 6.14. The van der Waals surface area contributed by atoms with Gasteiger partial charge in [-0.15, -0.1) is 0 Å². The molecule has 1 aliphatic carbocycles. The van der Waals surface area contributed by atoms with Crippen molar-refractivity contribution in [3.63, 3.8) is 0 Å². The monoisotopic (exact) mass is 419 g/mol. The van der Waals surface area contributed by atoms with Gasteiger partial charge in [0.1, 0.15) is 17.9 Å². The van der Waals surface area contributed by atoms with E-state index in [0.717, 1.165) is 24.2 Å². The van der Waals surface area contributed by atoms with E-state index < -0.39 is 42.0 Å². The SMILES string of the molecule is CC(C)n1nccc1NC(=O)[C@H](C)OC(=O)CN1C(=O)N[C@@]2(CCCC[C@H]2C)C1=O. The molecule has 0 radical (unpaired) electrons. The van der Waals surface area contributed by atoms with Gasteiger partial charge in [0.15, 0.2) is 6.10 Å². The van der Waals surface area contributed by atoms with Crippen LogP contribution in [0.15, 0.2) is 12.3 Å². The van der Waals surface area contributed by atoms with Crippen LogP contribution in [0.1, 0.15) is 59.4 Å². The number of carbonyl (C=O) groups is 4. The van der Waals surface area contributed by atoms with Crippen molar-refractivity contribution >= 4 is 29.6 Å². The maximum Gasteiger partial charge on any atom is 0.327 e. The van der Waals surface area contributed by atoms with Crippen molar-refractivity contribution < 1.29 is 23.9 Å². The number of nitrogens with zero attached hydrogens (tertiary/aromatic N) is 3. The van der Waals surface area contributed by atoms with E-state index in [1.165, 1.54) is 6.92 Å². The Morgan fingerprint density at radius 1 is 1.33 bits per heavy atom. The number of hydrogen-bond acceptors (Lipinski definition) is 6. The Labute approximate surface area is 175 Å². The number of urea groups is 1. The molecule has 2 aliphatic rings.